The van der Waals surface area contributed by atoms with Crippen molar-refractivity contribution in [2.45, 2.75) is 73.5 Å². The molecule has 4 heteroatoms. The maximum atomic E-state index is 4.12. The Balaban J connectivity index is -0.000000105. The Morgan fingerprint density at radius 2 is 1.00 bits per heavy atom. The first-order valence-corrected chi connectivity index (χ1v) is 8.00. The van der Waals surface area contributed by atoms with Gasteiger partial charge in [-0.1, -0.05) is 27.7 Å². The van der Waals surface area contributed by atoms with Gasteiger partial charge in [-0.3, -0.25) is 0 Å². The minimum absolute atomic E-state index is 0.374. The zero-order chi connectivity index (χ0) is 16.3. The molecule has 0 aromatic heterocycles. The van der Waals surface area contributed by atoms with E-state index in [9.17, 15) is 0 Å². The van der Waals surface area contributed by atoms with Crippen LogP contribution in [0.3, 0.4) is 0 Å². The summed E-state index contributed by atoms with van der Waals surface area (Å²) < 4.78 is 3.97. The van der Waals surface area contributed by atoms with Crippen LogP contribution in [0.1, 0.15) is 55.4 Å². The maximum absolute atomic E-state index is 4.12. The Hall–Kier alpha value is -0.172. The summed E-state index contributed by atoms with van der Waals surface area (Å²) in [7, 11) is 0. The van der Waals surface area contributed by atoms with Crippen LogP contribution in [-0.2, 0) is 19.6 Å². The molecule has 0 spiro atoms. The molecule has 0 rings (SSSR count). The van der Waals surface area contributed by atoms with Gasteiger partial charge in [0.2, 0.25) is 0 Å². The molecule has 0 amide bonds. The van der Waals surface area contributed by atoms with Gasteiger partial charge in [0.05, 0.1) is 0 Å². The average molecular weight is 439 g/mol. The second kappa shape index (κ2) is 26.4. The molecular formula is C15H33N3W-4. The van der Waals surface area contributed by atoms with E-state index in [1.807, 2.05) is 27.7 Å². The Bertz CT molecular complexity index is 155. The molecule has 0 aliphatic heterocycles. The van der Waals surface area contributed by atoms with Gasteiger partial charge in [-0.05, 0) is 0 Å². The smallest absolute Gasteiger partial charge is 0.194 e. The van der Waals surface area contributed by atoms with E-state index in [1.165, 1.54) is 19.6 Å². The average Bonchev–Trinajstić information content (AvgIpc) is 2.39. The quantitative estimate of drug-likeness (QED) is 0.484. The molecular weight excluding hydrogens is 406 g/mol. The fraction of sp³-hybridized carbons (Fsp3) is 0.733. The predicted octanol–water partition coefficient (Wildman–Crippen LogP) is 5.83. The second-order valence-corrected chi connectivity index (χ2v) is 4.74. The molecule has 118 valence electrons. The maximum Gasteiger partial charge on any atom is -0.194 e. The van der Waals surface area contributed by atoms with Crippen LogP contribution in [-0.4, -0.2) is 18.1 Å². The van der Waals surface area contributed by atoms with Gasteiger partial charge in [-0.15, -0.1) is 12.1 Å². The van der Waals surface area contributed by atoms with E-state index in [0.717, 1.165) is 0 Å². The Labute approximate surface area is 133 Å². The van der Waals surface area contributed by atoms with E-state index >= 15 is 0 Å². The summed E-state index contributed by atoms with van der Waals surface area (Å²) in [5.74, 6) is 0. The van der Waals surface area contributed by atoms with E-state index in [1.54, 1.807) is 26.2 Å². The molecule has 19 heavy (non-hydrogen) atoms. The van der Waals surface area contributed by atoms with Crippen molar-refractivity contribution in [3.05, 3.63) is 36.9 Å². The van der Waals surface area contributed by atoms with Crippen LogP contribution in [0.4, 0.5) is 0 Å². The monoisotopic (exact) mass is 439 g/mol. The topological polar surface area (TPSA) is 40.6 Å². The molecule has 0 heterocycles. The van der Waals surface area contributed by atoms with Crippen molar-refractivity contribution in [3.63, 3.8) is 0 Å². The van der Waals surface area contributed by atoms with E-state index in [-0.39, 0.29) is 0 Å². The third-order valence-corrected chi connectivity index (χ3v) is 2.56. The molecule has 0 atom stereocenters. The zero-order valence-corrected chi connectivity index (χ0v) is 17.0. The zero-order valence-electron chi connectivity index (χ0n) is 14.1. The van der Waals surface area contributed by atoms with Gasteiger partial charge >= 0.3 is 43.0 Å². The van der Waals surface area contributed by atoms with Crippen molar-refractivity contribution >= 4 is 0 Å². The van der Waals surface area contributed by atoms with Crippen molar-refractivity contribution < 1.29 is 19.6 Å². The number of hydrogen-bond acceptors (Lipinski definition) is 1. The first kappa shape index (κ1) is 27.2. The fourth-order valence-corrected chi connectivity index (χ4v) is 0.421. The van der Waals surface area contributed by atoms with Crippen molar-refractivity contribution in [1.29, 1.82) is 0 Å². The first-order valence-electron chi connectivity index (χ1n) is 6.69. The summed E-state index contributed by atoms with van der Waals surface area (Å²) in [6, 6.07) is 1.29. The third kappa shape index (κ3) is 57.3. The summed E-state index contributed by atoms with van der Waals surface area (Å²) in [5.41, 5.74) is 0. The van der Waals surface area contributed by atoms with Crippen LogP contribution in [0.5, 0.6) is 0 Å². The van der Waals surface area contributed by atoms with Crippen LogP contribution < -0.4 is 0 Å². The van der Waals surface area contributed by atoms with Gasteiger partial charge in [0, 0.05) is 0 Å². The molecule has 0 aromatic carbocycles. The van der Waals surface area contributed by atoms with Gasteiger partial charge < -0.3 is 24.5 Å². The fourth-order valence-electron chi connectivity index (χ4n) is 0.421. The number of nitrogens with zero attached hydrogens (tertiary/aromatic N) is 3. The molecule has 3 nitrogen and oxygen atoms in total. The molecule has 0 aliphatic carbocycles. The summed E-state index contributed by atoms with van der Waals surface area (Å²) in [6.45, 7) is 22.3. The molecule has 0 saturated carbocycles. The van der Waals surface area contributed by atoms with Crippen molar-refractivity contribution in [3.8, 4) is 0 Å². The molecule has 0 fully saturated rings. The molecule has 0 saturated heterocycles. The van der Waals surface area contributed by atoms with Gasteiger partial charge in [-0.25, -0.2) is 12.4 Å². The molecule has 0 aliphatic rings. The SMILES string of the molecule is CC(C)[N-]/C=C\[N-]C(C)C.CC(C)[N]=[W].[CH2-]C.[CH2-]C. The number of hydrogen-bond donors (Lipinski definition) is 0. The Kier molecular flexibility index (Phi) is 37.8. The predicted molar refractivity (Wildman–Crippen MR) is 85.8 cm³/mol. The summed E-state index contributed by atoms with van der Waals surface area (Å²) in [4.78, 5) is 0. The third-order valence-electron chi connectivity index (χ3n) is 1.05. The van der Waals surface area contributed by atoms with Gasteiger partial charge in [-0.2, -0.15) is 13.8 Å². The molecule has 0 radical (unpaired) electrons. The van der Waals surface area contributed by atoms with E-state index < -0.39 is 0 Å². The second-order valence-electron chi connectivity index (χ2n) is 3.98. The van der Waals surface area contributed by atoms with E-state index in [2.05, 4.69) is 41.8 Å². The Morgan fingerprint density at radius 1 is 0.789 bits per heavy atom. The molecule has 0 bridgehead atoms. The summed E-state index contributed by atoms with van der Waals surface area (Å²) >= 11 is 1.33. The van der Waals surface area contributed by atoms with Gasteiger partial charge in [0.25, 0.3) is 0 Å². The number of rotatable bonds is 5. The normalized spacial score (nSPS) is 8.89. The van der Waals surface area contributed by atoms with Crippen molar-refractivity contribution in [2.24, 2.45) is 3.50 Å². The summed E-state index contributed by atoms with van der Waals surface area (Å²) in [6.07, 6.45) is 3.51. The van der Waals surface area contributed by atoms with E-state index in [4.69, 9.17) is 0 Å². The molecule has 0 unspecified atom stereocenters. The standard InChI is InChI=1S/C8H16N2.C3H7N.2C2H5.W/c1-7(2)9-5-6-10-8(3)4;1-3(2)4;2*1-2;/h5-8H,1-4H3;3H,1-2H3;2*1H2,2H3;/q-2;;2*-1;/b6-5-;;;;. The first-order chi connectivity index (χ1) is 8.90. The summed E-state index contributed by atoms with van der Waals surface area (Å²) in [5, 5.41) is 8.24. The van der Waals surface area contributed by atoms with Crippen molar-refractivity contribution in [2.75, 3.05) is 0 Å². The van der Waals surface area contributed by atoms with E-state index in [0.29, 0.717) is 18.1 Å². The van der Waals surface area contributed by atoms with Crippen LogP contribution in [0.25, 0.3) is 10.6 Å². The Morgan fingerprint density at radius 3 is 1.11 bits per heavy atom. The minimum atomic E-state index is 0.374. The van der Waals surface area contributed by atoms with Crippen LogP contribution in [0.2, 0.25) is 0 Å². The van der Waals surface area contributed by atoms with Gasteiger partial charge in [0.1, 0.15) is 0 Å². The largest absolute Gasteiger partial charge is 0.346 e. The van der Waals surface area contributed by atoms with Crippen LogP contribution >= 0.6 is 0 Å². The van der Waals surface area contributed by atoms with Crippen LogP contribution in [0.15, 0.2) is 15.9 Å². The molecule has 0 aromatic rings. The van der Waals surface area contributed by atoms with Gasteiger partial charge in [0.15, 0.2) is 0 Å². The molecule has 0 N–H and O–H groups in total. The van der Waals surface area contributed by atoms with Crippen molar-refractivity contribution in [1.82, 2.24) is 0 Å². The van der Waals surface area contributed by atoms with Crippen LogP contribution in [0, 0.1) is 13.8 Å². The minimum Gasteiger partial charge on any atom is -0.346 e.